The maximum absolute atomic E-state index is 12.0. The molecule has 0 spiro atoms. The maximum Gasteiger partial charge on any atom is 0.261 e. The Morgan fingerprint density at radius 3 is 2.59 bits per heavy atom. The lowest BCUT2D eigenvalue weighted by atomic mass is 10.2. The van der Waals surface area contributed by atoms with Crippen molar-refractivity contribution in [2.45, 2.75) is 19.6 Å². The minimum atomic E-state index is -0.576. The van der Waals surface area contributed by atoms with Crippen molar-refractivity contribution in [2.24, 2.45) is 0 Å². The van der Waals surface area contributed by atoms with E-state index in [1.165, 1.54) is 0 Å². The van der Waals surface area contributed by atoms with Crippen LogP contribution in [0.15, 0.2) is 47.1 Å². The fourth-order valence-electron chi connectivity index (χ4n) is 1.74. The van der Waals surface area contributed by atoms with Gasteiger partial charge in [0.25, 0.3) is 5.91 Å². The fourth-order valence-corrected chi connectivity index (χ4v) is 2.00. The smallest absolute Gasteiger partial charge is 0.261 e. The van der Waals surface area contributed by atoms with Crippen molar-refractivity contribution in [3.8, 4) is 11.6 Å². The molecule has 0 aliphatic rings. The second kappa shape index (κ2) is 7.79. The first-order chi connectivity index (χ1) is 10.6. The third-order valence-corrected chi connectivity index (χ3v) is 3.50. The van der Waals surface area contributed by atoms with Gasteiger partial charge in [-0.2, -0.15) is 0 Å². The van der Waals surface area contributed by atoms with E-state index in [-0.39, 0.29) is 5.91 Å². The number of amides is 1. The number of hydrogen-bond donors (Lipinski definition) is 1. The summed E-state index contributed by atoms with van der Waals surface area (Å²) in [5.74, 6) is 1.01. The van der Waals surface area contributed by atoms with Gasteiger partial charge in [-0.05, 0) is 36.8 Å². The molecular formula is C16H17BrN2O3. The summed E-state index contributed by atoms with van der Waals surface area (Å²) < 4.78 is 11.5. The summed E-state index contributed by atoms with van der Waals surface area (Å²) in [7, 11) is 1.56. The third kappa shape index (κ3) is 4.73. The average molecular weight is 365 g/mol. The van der Waals surface area contributed by atoms with Crippen LogP contribution in [0, 0.1) is 0 Å². The minimum Gasteiger partial charge on any atom is -0.481 e. The van der Waals surface area contributed by atoms with Gasteiger partial charge in [0.1, 0.15) is 5.75 Å². The molecule has 1 N–H and O–H groups in total. The van der Waals surface area contributed by atoms with E-state index < -0.39 is 6.10 Å². The molecule has 1 heterocycles. The van der Waals surface area contributed by atoms with E-state index >= 15 is 0 Å². The van der Waals surface area contributed by atoms with E-state index in [9.17, 15) is 4.79 Å². The number of carbonyl (C=O) groups excluding carboxylic acids is 1. The Balaban J connectivity index is 1.84. The number of benzene rings is 1. The molecule has 0 fully saturated rings. The summed E-state index contributed by atoms with van der Waals surface area (Å²) in [5, 5.41) is 2.81. The van der Waals surface area contributed by atoms with Crippen LogP contribution in [0.3, 0.4) is 0 Å². The number of halogens is 1. The number of nitrogens with zero attached hydrogens (tertiary/aromatic N) is 1. The second-order valence-electron chi connectivity index (χ2n) is 4.64. The van der Waals surface area contributed by atoms with Crippen LogP contribution in [0.25, 0.3) is 0 Å². The first-order valence-corrected chi connectivity index (χ1v) is 7.56. The first-order valence-electron chi connectivity index (χ1n) is 6.77. The monoisotopic (exact) mass is 364 g/mol. The predicted molar refractivity (Wildman–Crippen MR) is 86.9 cm³/mol. The standard InChI is InChI=1S/C16H17BrN2O3/c1-11(22-14-6-4-13(17)5-7-14)16(20)19-10-12-3-8-15(21-2)18-9-12/h3-9,11H,10H2,1-2H3,(H,19,20). The van der Waals surface area contributed by atoms with E-state index in [0.29, 0.717) is 18.2 Å². The van der Waals surface area contributed by atoms with Crippen LogP contribution in [0.5, 0.6) is 11.6 Å². The highest BCUT2D eigenvalue weighted by molar-refractivity contribution is 9.10. The van der Waals surface area contributed by atoms with E-state index in [2.05, 4.69) is 26.2 Å². The molecule has 6 heteroatoms. The predicted octanol–water partition coefficient (Wildman–Crippen LogP) is 2.94. The van der Waals surface area contributed by atoms with Crippen molar-refractivity contribution in [1.29, 1.82) is 0 Å². The Labute approximate surface area is 137 Å². The highest BCUT2D eigenvalue weighted by Crippen LogP contribution is 2.17. The van der Waals surface area contributed by atoms with Gasteiger partial charge >= 0.3 is 0 Å². The maximum atomic E-state index is 12.0. The van der Waals surface area contributed by atoms with Crippen molar-refractivity contribution in [3.63, 3.8) is 0 Å². The van der Waals surface area contributed by atoms with Crippen LogP contribution < -0.4 is 14.8 Å². The molecule has 2 rings (SSSR count). The highest BCUT2D eigenvalue weighted by atomic mass is 79.9. The Hall–Kier alpha value is -2.08. The molecule has 116 valence electrons. The molecule has 0 aliphatic heterocycles. The Morgan fingerprint density at radius 2 is 2.00 bits per heavy atom. The van der Waals surface area contributed by atoms with Crippen molar-refractivity contribution in [3.05, 3.63) is 52.6 Å². The van der Waals surface area contributed by atoms with E-state index in [0.717, 1.165) is 10.0 Å². The number of hydrogen-bond acceptors (Lipinski definition) is 4. The molecule has 0 aliphatic carbocycles. The van der Waals surface area contributed by atoms with Crippen LogP contribution in [0.4, 0.5) is 0 Å². The molecule has 0 radical (unpaired) electrons. The molecule has 0 bridgehead atoms. The zero-order valence-electron chi connectivity index (χ0n) is 12.4. The molecule has 1 aromatic carbocycles. The van der Waals surface area contributed by atoms with Gasteiger partial charge < -0.3 is 14.8 Å². The summed E-state index contributed by atoms with van der Waals surface area (Å²) >= 11 is 3.35. The van der Waals surface area contributed by atoms with Gasteiger partial charge in [-0.25, -0.2) is 4.98 Å². The van der Waals surface area contributed by atoms with Gasteiger partial charge in [-0.3, -0.25) is 4.79 Å². The number of pyridine rings is 1. The molecule has 5 nitrogen and oxygen atoms in total. The molecule has 2 aromatic rings. The van der Waals surface area contributed by atoms with Gasteiger partial charge in [0.2, 0.25) is 5.88 Å². The van der Waals surface area contributed by atoms with Crippen LogP contribution in [0.1, 0.15) is 12.5 Å². The van der Waals surface area contributed by atoms with Crippen molar-refractivity contribution < 1.29 is 14.3 Å². The zero-order chi connectivity index (χ0) is 15.9. The van der Waals surface area contributed by atoms with Gasteiger partial charge in [-0.15, -0.1) is 0 Å². The third-order valence-electron chi connectivity index (χ3n) is 2.97. The van der Waals surface area contributed by atoms with Crippen LogP contribution in [-0.2, 0) is 11.3 Å². The van der Waals surface area contributed by atoms with Crippen molar-refractivity contribution in [1.82, 2.24) is 10.3 Å². The lowest BCUT2D eigenvalue weighted by Gasteiger charge is -2.14. The molecule has 1 amide bonds. The second-order valence-corrected chi connectivity index (χ2v) is 5.56. The quantitative estimate of drug-likeness (QED) is 0.855. The minimum absolute atomic E-state index is 0.182. The topological polar surface area (TPSA) is 60.5 Å². The Bertz CT molecular complexity index is 614. The van der Waals surface area contributed by atoms with Gasteiger partial charge in [0, 0.05) is 23.3 Å². The number of nitrogens with one attached hydrogen (secondary N) is 1. The first kappa shape index (κ1) is 16.3. The zero-order valence-corrected chi connectivity index (χ0v) is 14.0. The molecule has 0 saturated carbocycles. The van der Waals surface area contributed by atoms with Crippen LogP contribution in [0.2, 0.25) is 0 Å². The normalized spacial score (nSPS) is 11.6. The molecule has 0 saturated heterocycles. The number of ether oxygens (including phenoxy) is 2. The van der Waals surface area contributed by atoms with E-state index in [1.54, 1.807) is 38.4 Å². The molecular weight excluding hydrogens is 348 g/mol. The molecule has 1 unspecified atom stereocenters. The lowest BCUT2D eigenvalue weighted by molar-refractivity contribution is -0.127. The highest BCUT2D eigenvalue weighted by Gasteiger charge is 2.14. The van der Waals surface area contributed by atoms with Gasteiger partial charge in [0.05, 0.1) is 7.11 Å². The largest absolute Gasteiger partial charge is 0.481 e. The lowest BCUT2D eigenvalue weighted by Crippen LogP contribution is -2.35. The SMILES string of the molecule is COc1ccc(CNC(=O)C(C)Oc2ccc(Br)cc2)cn1. The average Bonchev–Trinajstić information content (AvgIpc) is 2.55. The Morgan fingerprint density at radius 1 is 1.27 bits per heavy atom. The molecule has 1 atom stereocenters. The van der Waals surface area contributed by atoms with Crippen LogP contribution >= 0.6 is 15.9 Å². The number of carbonyl (C=O) groups is 1. The summed E-state index contributed by atoms with van der Waals surface area (Å²) in [6.07, 6.45) is 1.09. The summed E-state index contributed by atoms with van der Waals surface area (Å²) in [4.78, 5) is 16.1. The van der Waals surface area contributed by atoms with Crippen molar-refractivity contribution >= 4 is 21.8 Å². The number of aromatic nitrogens is 1. The van der Waals surface area contributed by atoms with E-state index in [4.69, 9.17) is 9.47 Å². The molecule has 1 aromatic heterocycles. The number of methoxy groups -OCH3 is 1. The summed E-state index contributed by atoms with van der Waals surface area (Å²) in [6, 6.07) is 10.9. The van der Waals surface area contributed by atoms with E-state index in [1.807, 2.05) is 18.2 Å². The van der Waals surface area contributed by atoms with Crippen LogP contribution in [-0.4, -0.2) is 24.1 Å². The number of rotatable bonds is 6. The van der Waals surface area contributed by atoms with Crippen molar-refractivity contribution in [2.75, 3.05) is 7.11 Å². The van der Waals surface area contributed by atoms with Gasteiger partial charge in [-0.1, -0.05) is 22.0 Å². The summed E-state index contributed by atoms with van der Waals surface area (Å²) in [6.45, 7) is 2.10. The van der Waals surface area contributed by atoms with Gasteiger partial charge in [0.15, 0.2) is 6.10 Å². The summed E-state index contributed by atoms with van der Waals surface area (Å²) in [5.41, 5.74) is 0.894. The Kier molecular flexibility index (Phi) is 5.77. The fraction of sp³-hybridized carbons (Fsp3) is 0.250. The molecule has 22 heavy (non-hydrogen) atoms.